The summed E-state index contributed by atoms with van der Waals surface area (Å²) < 4.78 is 0. The van der Waals surface area contributed by atoms with Gasteiger partial charge in [-0.3, -0.25) is 9.59 Å². The molecule has 0 unspecified atom stereocenters. The maximum atomic E-state index is 13.3. The maximum Gasteiger partial charge on any atom is 0.256 e. The van der Waals surface area contributed by atoms with Gasteiger partial charge in [0.25, 0.3) is 11.8 Å². The number of benzene rings is 2. The Balaban J connectivity index is 1.77. The highest BCUT2D eigenvalue weighted by Gasteiger charge is 2.27. The van der Waals surface area contributed by atoms with Gasteiger partial charge in [-0.1, -0.05) is 44.2 Å². The number of hydrogen-bond donors (Lipinski definition) is 4. The van der Waals surface area contributed by atoms with E-state index in [0.717, 1.165) is 30.9 Å². The van der Waals surface area contributed by atoms with Crippen LogP contribution in [0, 0.1) is 6.92 Å². The Labute approximate surface area is 199 Å². The monoisotopic (exact) mass is 458 g/mol. The molecule has 1 aliphatic rings. The average Bonchev–Trinajstić information content (AvgIpc) is 3.32. The van der Waals surface area contributed by atoms with Crippen molar-refractivity contribution in [3.63, 3.8) is 0 Å². The van der Waals surface area contributed by atoms with E-state index in [2.05, 4.69) is 34.4 Å². The number of aromatic nitrogens is 1. The smallest absolute Gasteiger partial charge is 0.256 e. The second kappa shape index (κ2) is 9.97. The number of likely N-dealkylation sites (N-methyl/N-ethyl adjacent to an activating group) is 1. The van der Waals surface area contributed by atoms with E-state index in [9.17, 15) is 14.7 Å². The lowest BCUT2D eigenvalue weighted by atomic mass is 9.97. The molecule has 0 radical (unpaired) electrons. The van der Waals surface area contributed by atoms with Crippen molar-refractivity contribution in [1.29, 1.82) is 0 Å². The lowest BCUT2D eigenvalue weighted by molar-refractivity contribution is -0.110. The van der Waals surface area contributed by atoms with E-state index < -0.39 is 0 Å². The van der Waals surface area contributed by atoms with Crippen LogP contribution in [0.2, 0.25) is 0 Å². The highest BCUT2D eigenvalue weighted by atomic mass is 16.3. The average molecular weight is 459 g/mol. The number of carbonyl (C=O) groups is 2. The Kier molecular flexibility index (Phi) is 6.84. The second-order valence-corrected chi connectivity index (χ2v) is 8.30. The molecule has 0 spiro atoms. The molecule has 7 nitrogen and oxygen atoms in total. The summed E-state index contributed by atoms with van der Waals surface area (Å²) in [5.41, 5.74) is 5.27. The first-order valence-corrected chi connectivity index (χ1v) is 11.6. The van der Waals surface area contributed by atoms with Crippen molar-refractivity contribution in [2.75, 3.05) is 31.5 Å². The van der Waals surface area contributed by atoms with Crippen molar-refractivity contribution in [2.24, 2.45) is 0 Å². The molecular formula is C27H30N4O3. The number of hydrogen-bond acceptors (Lipinski definition) is 4. The number of aryl methyl sites for hydroxylation is 1. The Hall–Kier alpha value is -3.84. The van der Waals surface area contributed by atoms with Crippen molar-refractivity contribution in [3.8, 4) is 16.9 Å². The number of fused-ring (bicyclic) bond motifs is 1. The predicted octanol–water partition coefficient (Wildman–Crippen LogP) is 4.26. The van der Waals surface area contributed by atoms with Crippen molar-refractivity contribution in [3.05, 3.63) is 71.0 Å². The molecule has 1 aromatic heterocycles. The molecule has 0 saturated heterocycles. The lowest BCUT2D eigenvalue weighted by Crippen LogP contribution is -2.35. The summed E-state index contributed by atoms with van der Waals surface area (Å²) in [6.07, 6.45) is 1.78. The number of nitrogens with zero attached hydrogens (tertiary/aromatic N) is 1. The van der Waals surface area contributed by atoms with E-state index >= 15 is 0 Å². The van der Waals surface area contributed by atoms with Crippen molar-refractivity contribution in [1.82, 2.24) is 15.2 Å². The number of nitrogens with one attached hydrogen (secondary N) is 3. The Bertz CT molecular complexity index is 1250. The number of carbonyl (C=O) groups excluding carboxylic acids is 2. The van der Waals surface area contributed by atoms with Gasteiger partial charge in [-0.05, 0) is 49.9 Å². The highest BCUT2D eigenvalue weighted by Crippen LogP contribution is 2.37. The third-order valence-corrected chi connectivity index (χ3v) is 6.19. The summed E-state index contributed by atoms with van der Waals surface area (Å²) in [6, 6.07) is 14.3. The summed E-state index contributed by atoms with van der Waals surface area (Å²) in [5, 5.41) is 16.0. The van der Waals surface area contributed by atoms with Gasteiger partial charge in [0.15, 0.2) is 0 Å². The zero-order chi connectivity index (χ0) is 24.2. The van der Waals surface area contributed by atoms with Crippen LogP contribution in [0.5, 0.6) is 5.75 Å². The Morgan fingerprint density at radius 3 is 2.62 bits per heavy atom. The number of aromatic amines is 1. The molecule has 3 aromatic rings. The molecule has 0 fully saturated rings. The number of phenols is 1. The van der Waals surface area contributed by atoms with Crippen LogP contribution in [0.3, 0.4) is 0 Å². The van der Waals surface area contributed by atoms with E-state index in [1.54, 1.807) is 24.3 Å². The fraction of sp³-hybridized carbons (Fsp3) is 0.259. The van der Waals surface area contributed by atoms with Crippen molar-refractivity contribution >= 4 is 29.2 Å². The van der Waals surface area contributed by atoms with Gasteiger partial charge in [-0.15, -0.1) is 0 Å². The molecule has 0 saturated carbocycles. The summed E-state index contributed by atoms with van der Waals surface area (Å²) in [7, 11) is 0. The third kappa shape index (κ3) is 4.61. The molecule has 2 aromatic carbocycles. The van der Waals surface area contributed by atoms with E-state index in [1.807, 2.05) is 37.3 Å². The molecule has 0 atom stereocenters. The minimum atomic E-state index is -0.194. The number of anilines is 1. The zero-order valence-corrected chi connectivity index (χ0v) is 19.7. The Morgan fingerprint density at radius 2 is 1.88 bits per heavy atom. The standard InChI is InChI=1S/C27H30N4O3/c1-4-31(5-2)14-13-28-27(34)24-17(3)29-23(25(24)18-9-8-10-19(32)15-18)16-21-20-11-6-7-12-22(20)30-26(21)33/h6-12,15-16,29,32H,4-5,13-14H2,1-3H3,(H,28,34)(H,30,33). The van der Waals surface area contributed by atoms with Gasteiger partial charge in [0.1, 0.15) is 5.75 Å². The van der Waals surface area contributed by atoms with Gasteiger partial charge in [0.05, 0.1) is 11.1 Å². The summed E-state index contributed by atoms with van der Waals surface area (Å²) in [4.78, 5) is 31.6. The number of amides is 2. The molecule has 0 bridgehead atoms. The molecule has 2 heterocycles. The van der Waals surface area contributed by atoms with Gasteiger partial charge in [0.2, 0.25) is 0 Å². The van der Waals surface area contributed by atoms with Crippen LogP contribution in [0.1, 0.15) is 41.2 Å². The molecule has 4 N–H and O–H groups in total. The maximum absolute atomic E-state index is 13.3. The number of rotatable bonds is 8. The van der Waals surface area contributed by atoms with E-state index in [4.69, 9.17) is 0 Å². The molecule has 176 valence electrons. The molecule has 4 rings (SSSR count). The van der Waals surface area contributed by atoms with Crippen LogP contribution in [-0.2, 0) is 4.79 Å². The fourth-order valence-electron chi connectivity index (χ4n) is 4.38. The van der Waals surface area contributed by atoms with Crippen LogP contribution in [0.15, 0.2) is 48.5 Å². The van der Waals surface area contributed by atoms with E-state index in [0.29, 0.717) is 40.2 Å². The zero-order valence-electron chi connectivity index (χ0n) is 19.7. The van der Waals surface area contributed by atoms with Gasteiger partial charge < -0.3 is 25.6 Å². The predicted molar refractivity (Wildman–Crippen MR) is 136 cm³/mol. The van der Waals surface area contributed by atoms with E-state index in [-0.39, 0.29) is 17.6 Å². The van der Waals surface area contributed by atoms with Crippen LogP contribution in [0.4, 0.5) is 5.69 Å². The second-order valence-electron chi connectivity index (χ2n) is 8.30. The van der Waals surface area contributed by atoms with E-state index in [1.165, 1.54) is 0 Å². The molecule has 1 aliphatic heterocycles. The summed E-state index contributed by atoms with van der Waals surface area (Å²) in [5.74, 6) is -0.285. The van der Waals surface area contributed by atoms with Gasteiger partial charge in [-0.25, -0.2) is 0 Å². The first-order chi connectivity index (χ1) is 16.4. The molecular weight excluding hydrogens is 428 g/mol. The number of phenolic OH excluding ortho intramolecular Hbond substituents is 1. The van der Waals surface area contributed by atoms with Gasteiger partial charge in [-0.2, -0.15) is 0 Å². The lowest BCUT2D eigenvalue weighted by Gasteiger charge is -2.18. The molecule has 7 heteroatoms. The highest BCUT2D eigenvalue weighted by molar-refractivity contribution is 6.35. The largest absolute Gasteiger partial charge is 0.508 e. The summed E-state index contributed by atoms with van der Waals surface area (Å²) in [6.45, 7) is 9.17. The fourth-order valence-corrected chi connectivity index (χ4v) is 4.38. The number of H-pyrrole nitrogens is 1. The molecule has 2 amide bonds. The molecule has 34 heavy (non-hydrogen) atoms. The van der Waals surface area contributed by atoms with Gasteiger partial charge in [0, 0.05) is 41.3 Å². The SMILES string of the molecule is CCN(CC)CCNC(=O)c1c(C)[nH]c(C=C2C(=O)Nc3ccccc32)c1-c1cccc(O)c1. The number of aromatic hydroxyl groups is 1. The van der Waals surface area contributed by atoms with Crippen LogP contribution >= 0.6 is 0 Å². The first-order valence-electron chi connectivity index (χ1n) is 11.6. The minimum Gasteiger partial charge on any atom is -0.508 e. The van der Waals surface area contributed by atoms with Crippen molar-refractivity contribution < 1.29 is 14.7 Å². The molecule has 0 aliphatic carbocycles. The van der Waals surface area contributed by atoms with Crippen LogP contribution < -0.4 is 10.6 Å². The first kappa shape index (κ1) is 23.3. The third-order valence-electron chi connectivity index (χ3n) is 6.19. The summed E-state index contributed by atoms with van der Waals surface area (Å²) >= 11 is 0. The number of para-hydroxylation sites is 1. The Morgan fingerprint density at radius 1 is 1.12 bits per heavy atom. The van der Waals surface area contributed by atoms with Gasteiger partial charge >= 0.3 is 0 Å². The normalized spacial score (nSPS) is 13.9. The topological polar surface area (TPSA) is 97.5 Å². The van der Waals surface area contributed by atoms with Crippen LogP contribution in [0.25, 0.3) is 22.8 Å². The van der Waals surface area contributed by atoms with Crippen LogP contribution in [-0.4, -0.2) is 53.0 Å². The van der Waals surface area contributed by atoms with Crippen molar-refractivity contribution in [2.45, 2.75) is 20.8 Å². The quantitative estimate of drug-likeness (QED) is 0.379. The minimum absolute atomic E-state index is 0.104.